The van der Waals surface area contributed by atoms with E-state index in [-0.39, 0.29) is 17.5 Å². The second-order valence-corrected chi connectivity index (χ2v) is 5.70. The molecule has 1 unspecified atom stereocenters. The predicted molar refractivity (Wildman–Crippen MR) is 74.6 cm³/mol. The van der Waals surface area contributed by atoms with Crippen molar-refractivity contribution in [3.05, 3.63) is 29.6 Å². The lowest BCUT2D eigenvalue weighted by molar-refractivity contribution is 0.0859. The van der Waals surface area contributed by atoms with Crippen LogP contribution in [0.1, 0.15) is 36.0 Å². The highest BCUT2D eigenvalue weighted by molar-refractivity contribution is 6.00. The monoisotopic (exact) mass is 277 g/mol. The van der Waals surface area contributed by atoms with E-state index in [1.54, 1.807) is 6.07 Å². The molecule has 0 bridgehead atoms. The molecule has 4 heteroatoms. The summed E-state index contributed by atoms with van der Waals surface area (Å²) in [5, 5.41) is 0. The number of likely N-dealkylation sites (tertiary alicyclic amines) is 1. The Morgan fingerprint density at radius 3 is 2.85 bits per heavy atom. The van der Waals surface area contributed by atoms with Crippen molar-refractivity contribution in [2.24, 2.45) is 5.92 Å². The van der Waals surface area contributed by atoms with E-state index in [9.17, 15) is 9.18 Å². The molecule has 1 fully saturated rings. The normalized spacial score (nSPS) is 23.9. The fourth-order valence-corrected chi connectivity index (χ4v) is 3.11. The zero-order chi connectivity index (χ0) is 13.9. The van der Waals surface area contributed by atoms with Crippen LogP contribution in [0.25, 0.3) is 0 Å². The molecule has 0 spiro atoms. The molecule has 2 aliphatic rings. The predicted octanol–water partition coefficient (Wildman–Crippen LogP) is 2.89. The first-order valence-corrected chi connectivity index (χ1v) is 7.43. The summed E-state index contributed by atoms with van der Waals surface area (Å²) in [6.45, 7) is 3.46. The van der Waals surface area contributed by atoms with Crippen molar-refractivity contribution in [1.29, 1.82) is 0 Å². The van der Waals surface area contributed by atoms with Crippen molar-refractivity contribution >= 4 is 5.78 Å². The smallest absolute Gasteiger partial charge is 0.171 e. The van der Waals surface area contributed by atoms with E-state index in [2.05, 4.69) is 4.90 Å². The Kier molecular flexibility index (Phi) is 4.01. The van der Waals surface area contributed by atoms with Crippen molar-refractivity contribution < 1.29 is 13.9 Å². The van der Waals surface area contributed by atoms with Gasteiger partial charge in [0.25, 0.3) is 0 Å². The molecular weight excluding hydrogens is 257 g/mol. The van der Waals surface area contributed by atoms with Crippen LogP contribution < -0.4 is 4.74 Å². The van der Waals surface area contributed by atoms with Crippen molar-refractivity contribution in [2.45, 2.75) is 25.7 Å². The number of carbonyl (C=O) groups excluding carboxylic acids is 1. The van der Waals surface area contributed by atoms with E-state index in [1.807, 2.05) is 0 Å². The standard InChI is InChI=1S/C16H20FNO2/c17-13-4-5-14-15(10-13)20-9-6-12(16(14)19)11-18-7-2-1-3-8-18/h4-5,10,12H,1-3,6-9,11H2. The third-order valence-corrected chi connectivity index (χ3v) is 4.23. The van der Waals surface area contributed by atoms with Gasteiger partial charge in [0.15, 0.2) is 5.78 Å². The van der Waals surface area contributed by atoms with E-state index in [1.165, 1.54) is 31.4 Å². The van der Waals surface area contributed by atoms with Gasteiger partial charge in [0, 0.05) is 18.5 Å². The van der Waals surface area contributed by atoms with E-state index in [0.717, 1.165) is 19.6 Å². The number of halogens is 1. The third kappa shape index (κ3) is 2.85. The van der Waals surface area contributed by atoms with Gasteiger partial charge in [0.05, 0.1) is 12.2 Å². The molecule has 2 aliphatic heterocycles. The quantitative estimate of drug-likeness (QED) is 0.832. The Hall–Kier alpha value is -1.42. The Labute approximate surface area is 118 Å². The number of ketones is 1. The molecule has 0 amide bonds. The minimum Gasteiger partial charge on any atom is -0.493 e. The number of carbonyl (C=O) groups is 1. The van der Waals surface area contributed by atoms with Crippen LogP contribution in [0.3, 0.4) is 0 Å². The van der Waals surface area contributed by atoms with Crippen LogP contribution in [0.4, 0.5) is 4.39 Å². The highest BCUT2D eigenvalue weighted by Crippen LogP contribution is 2.28. The minimum absolute atomic E-state index is 0.0280. The van der Waals surface area contributed by atoms with E-state index < -0.39 is 0 Å². The van der Waals surface area contributed by atoms with Gasteiger partial charge in [-0.1, -0.05) is 6.42 Å². The lowest BCUT2D eigenvalue weighted by atomic mass is 9.94. The summed E-state index contributed by atoms with van der Waals surface area (Å²) in [6, 6.07) is 4.21. The first kappa shape index (κ1) is 13.6. The van der Waals surface area contributed by atoms with Gasteiger partial charge >= 0.3 is 0 Å². The fourth-order valence-electron chi connectivity index (χ4n) is 3.11. The van der Waals surface area contributed by atoms with Gasteiger partial charge in [0.2, 0.25) is 0 Å². The molecule has 0 radical (unpaired) electrons. The Morgan fingerprint density at radius 1 is 1.25 bits per heavy atom. The van der Waals surface area contributed by atoms with Crippen LogP contribution in [0, 0.1) is 11.7 Å². The number of hydrogen-bond acceptors (Lipinski definition) is 3. The molecule has 20 heavy (non-hydrogen) atoms. The van der Waals surface area contributed by atoms with Crippen molar-refractivity contribution in [3.8, 4) is 5.75 Å². The minimum atomic E-state index is -0.356. The molecule has 3 rings (SSSR count). The first-order chi connectivity index (χ1) is 9.74. The van der Waals surface area contributed by atoms with Crippen LogP contribution in [0.5, 0.6) is 5.75 Å². The molecule has 1 saturated heterocycles. The molecule has 108 valence electrons. The first-order valence-electron chi connectivity index (χ1n) is 7.43. The summed E-state index contributed by atoms with van der Waals surface area (Å²) in [5.41, 5.74) is 0.533. The number of Topliss-reactive ketones (excluding diaryl/α,β-unsaturated/α-hetero) is 1. The highest BCUT2D eigenvalue weighted by Gasteiger charge is 2.28. The second-order valence-electron chi connectivity index (χ2n) is 5.70. The van der Waals surface area contributed by atoms with Gasteiger partial charge in [-0.25, -0.2) is 4.39 Å². The summed E-state index contributed by atoms with van der Waals surface area (Å²) in [6.07, 6.45) is 4.45. The summed E-state index contributed by atoms with van der Waals surface area (Å²) >= 11 is 0. The van der Waals surface area contributed by atoms with Crippen molar-refractivity contribution in [2.75, 3.05) is 26.2 Å². The average molecular weight is 277 g/mol. The topological polar surface area (TPSA) is 29.5 Å². The van der Waals surface area contributed by atoms with Gasteiger partial charge in [-0.2, -0.15) is 0 Å². The lowest BCUT2D eigenvalue weighted by Gasteiger charge is -2.29. The Balaban J connectivity index is 1.76. The number of rotatable bonds is 2. The van der Waals surface area contributed by atoms with Gasteiger partial charge < -0.3 is 9.64 Å². The molecule has 0 N–H and O–H groups in total. The maximum absolute atomic E-state index is 13.2. The molecule has 3 nitrogen and oxygen atoms in total. The van der Waals surface area contributed by atoms with E-state index in [4.69, 9.17) is 4.74 Å². The molecule has 2 heterocycles. The molecule has 0 aromatic heterocycles. The molecule has 1 aromatic rings. The average Bonchev–Trinajstić information content (AvgIpc) is 2.60. The maximum atomic E-state index is 13.2. The summed E-state index contributed by atoms with van der Waals surface area (Å²) in [4.78, 5) is 15.0. The molecule has 1 atom stereocenters. The Morgan fingerprint density at radius 2 is 2.05 bits per heavy atom. The van der Waals surface area contributed by atoms with Crippen LogP contribution in [-0.4, -0.2) is 36.9 Å². The molecule has 0 saturated carbocycles. The highest BCUT2D eigenvalue weighted by atomic mass is 19.1. The third-order valence-electron chi connectivity index (χ3n) is 4.23. The largest absolute Gasteiger partial charge is 0.493 e. The number of piperidine rings is 1. The molecular formula is C16H20FNO2. The zero-order valence-electron chi connectivity index (χ0n) is 11.6. The van der Waals surface area contributed by atoms with E-state index in [0.29, 0.717) is 24.3 Å². The lowest BCUT2D eigenvalue weighted by Crippen LogP contribution is -2.36. The molecule has 1 aromatic carbocycles. The van der Waals surface area contributed by atoms with Crippen LogP contribution in [0.15, 0.2) is 18.2 Å². The second kappa shape index (κ2) is 5.92. The number of nitrogens with zero attached hydrogens (tertiary/aromatic N) is 1. The summed E-state index contributed by atoms with van der Waals surface area (Å²) < 4.78 is 18.8. The van der Waals surface area contributed by atoms with Crippen molar-refractivity contribution in [1.82, 2.24) is 4.90 Å². The van der Waals surface area contributed by atoms with Gasteiger partial charge in [0.1, 0.15) is 11.6 Å². The summed E-state index contributed by atoms with van der Waals surface area (Å²) in [7, 11) is 0. The Bertz CT molecular complexity index is 497. The zero-order valence-corrected chi connectivity index (χ0v) is 11.6. The van der Waals surface area contributed by atoms with Crippen molar-refractivity contribution in [3.63, 3.8) is 0 Å². The van der Waals surface area contributed by atoms with Gasteiger partial charge in [-0.15, -0.1) is 0 Å². The number of fused-ring (bicyclic) bond motifs is 1. The SMILES string of the molecule is O=C1c2ccc(F)cc2OCCC1CN1CCCCC1. The number of hydrogen-bond donors (Lipinski definition) is 0. The summed E-state index contributed by atoms with van der Waals surface area (Å²) in [5.74, 6) is 0.116. The van der Waals surface area contributed by atoms with Crippen LogP contribution in [0.2, 0.25) is 0 Å². The van der Waals surface area contributed by atoms with Crippen LogP contribution >= 0.6 is 0 Å². The van der Waals surface area contributed by atoms with Gasteiger partial charge in [-0.05, 0) is 44.5 Å². The number of ether oxygens (including phenoxy) is 1. The van der Waals surface area contributed by atoms with Gasteiger partial charge in [-0.3, -0.25) is 4.79 Å². The van der Waals surface area contributed by atoms with E-state index >= 15 is 0 Å². The number of benzene rings is 1. The van der Waals surface area contributed by atoms with Crippen LogP contribution in [-0.2, 0) is 0 Å². The molecule has 0 aliphatic carbocycles. The fraction of sp³-hybridized carbons (Fsp3) is 0.562. The maximum Gasteiger partial charge on any atom is 0.171 e.